The predicted octanol–water partition coefficient (Wildman–Crippen LogP) is 3.54. The van der Waals surface area contributed by atoms with Gasteiger partial charge in [-0.2, -0.15) is 5.26 Å². The average Bonchev–Trinajstić information content (AvgIpc) is 3.66. The van der Waals surface area contributed by atoms with Crippen LogP contribution in [-0.4, -0.2) is 96.4 Å². The van der Waals surface area contributed by atoms with Crippen molar-refractivity contribution in [3.63, 3.8) is 0 Å². The zero-order valence-corrected chi connectivity index (χ0v) is 24.8. The van der Waals surface area contributed by atoms with Crippen molar-refractivity contribution in [1.29, 1.82) is 5.26 Å². The molecule has 0 bridgehead atoms. The van der Waals surface area contributed by atoms with Gasteiger partial charge in [-0.1, -0.05) is 11.3 Å². The summed E-state index contributed by atoms with van der Waals surface area (Å²) in [6, 6.07) is 11.5. The van der Waals surface area contributed by atoms with E-state index in [2.05, 4.69) is 20.9 Å². The number of anilines is 3. The minimum atomic E-state index is -0.445. The van der Waals surface area contributed by atoms with E-state index in [-0.39, 0.29) is 17.2 Å². The van der Waals surface area contributed by atoms with E-state index in [9.17, 15) is 19.6 Å². The molecule has 1 N–H and O–H groups in total. The first-order valence-electron chi connectivity index (χ1n) is 14.4. The van der Waals surface area contributed by atoms with Gasteiger partial charge in [0.15, 0.2) is 16.7 Å². The number of hydrogen-bond donors (Lipinski definition) is 1. The Labute approximate surface area is 256 Å². The van der Waals surface area contributed by atoms with Gasteiger partial charge in [0.2, 0.25) is 5.91 Å². The zero-order valence-electron chi connectivity index (χ0n) is 24.0. The topological polar surface area (TPSA) is 109 Å². The number of nitrogens with zero attached hydrogens (tertiary/aromatic N) is 7. The van der Waals surface area contributed by atoms with Crippen LogP contribution in [0.4, 0.5) is 25.3 Å². The van der Waals surface area contributed by atoms with E-state index in [0.717, 1.165) is 0 Å². The number of aliphatic hydroxyl groups excluding tert-OH is 1. The molecule has 2 saturated heterocycles. The number of thiazole rings is 1. The van der Waals surface area contributed by atoms with Gasteiger partial charge in [-0.3, -0.25) is 9.69 Å². The number of piperazine rings is 1. The summed E-state index contributed by atoms with van der Waals surface area (Å²) >= 11 is 1.19. The Bertz CT molecular complexity index is 1800. The van der Waals surface area contributed by atoms with Crippen LogP contribution in [-0.2, 0) is 11.2 Å². The molecule has 3 aliphatic rings. The summed E-state index contributed by atoms with van der Waals surface area (Å²) in [4.78, 5) is 29.9. The number of carbonyl (C=O) groups is 1. The van der Waals surface area contributed by atoms with Gasteiger partial charge < -0.3 is 24.5 Å². The molecule has 0 saturated carbocycles. The molecule has 2 aromatic carbocycles. The monoisotopic (exact) mass is 617 g/mol. The Kier molecular flexibility index (Phi) is 7.28. The number of halogens is 2. The largest absolute Gasteiger partial charge is 0.489 e. The highest BCUT2D eigenvalue weighted by Gasteiger charge is 2.31. The lowest BCUT2D eigenvalue weighted by molar-refractivity contribution is -0.142. The fourth-order valence-corrected chi connectivity index (χ4v) is 6.81. The number of aliphatic hydroxyl groups is 1. The zero-order chi connectivity index (χ0) is 30.5. The highest BCUT2D eigenvalue weighted by atomic mass is 32.1. The van der Waals surface area contributed by atoms with Gasteiger partial charge >= 0.3 is 0 Å². The molecule has 0 spiro atoms. The molecule has 2 fully saturated rings. The molecule has 5 heterocycles. The van der Waals surface area contributed by atoms with Crippen LogP contribution in [0.25, 0.3) is 22.2 Å². The lowest BCUT2D eigenvalue weighted by Crippen LogP contribution is -2.57. The fraction of sp³-hybridized carbons (Fsp3) is 0.355. The van der Waals surface area contributed by atoms with Gasteiger partial charge in [-0.25, -0.2) is 18.7 Å². The first-order chi connectivity index (χ1) is 21.3. The van der Waals surface area contributed by atoms with Crippen molar-refractivity contribution < 1.29 is 23.4 Å². The van der Waals surface area contributed by atoms with Crippen LogP contribution in [0.15, 0.2) is 36.4 Å². The van der Waals surface area contributed by atoms with Crippen LogP contribution in [0, 0.1) is 23.0 Å². The molecule has 13 heteroatoms. The molecule has 4 aromatic rings. The molecule has 0 radical (unpaired) electrons. The maximum atomic E-state index is 15.8. The summed E-state index contributed by atoms with van der Waals surface area (Å²) in [5, 5.41) is 20.4. The summed E-state index contributed by atoms with van der Waals surface area (Å²) in [5.74, 6) is -0.249. The van der Waals surface area contributed by atoms with Crippen LogP contribution in [0.5, 0.6) is 5.75 Å². The summed E-state index contributed by atoms with van der Waals surface area (Å²) in [6.07, 6.45) is 0.122. The quantitative estimate of drug-likeness (QED) is 0.348. The van der Waals surface area contributed by atoms with Crippen LogP contribution in [0.1, 0.15) is 10.6 Å². The molecule has 7 rings (SSSR count). The average molecular weight is 618 g/mol. The van der Waals surface area contributed by atoms with E-state index in [1.54, 1.807) is 17.0 Å². The van der Waals surface area contributed by atoms with E-state index < -0.39 is 11.9 Å². The van der Waals surface area contributed by atoms with Gasteiger partial charge in [-0.05, 0) is 36.4 Å². The number of fused-ring (bicyclic) bond motifs is 2. The van der Waals surface area contributed by atoms with E-state index in [4.69, 9.17) is 9.72 Å². The van der Waals surface area contributed by atoms with Crippen molar-refractivity contribution in [1.82, 2.24) is 19.8 Å². The van der Waals surface area contributed by atoms with Gasteiger partial charge in [0.25, 0.3) is 0 Å². The summed E-state index contributed by atoms with van der Waals surface area (Å²) in [5.41, 5.74) is 3.28. The summed E-state index contributed by atoms with van der Waals surface area (Å²) in [7, 11) is 1.81. The van der Waals surface area contributed by atoms with Crippen molar-refractivity contribution in [2.24, 2.45) is 0 Å². The second-order valence-electron chi connectivity index (χ2n) is 11.2. The van der Waals surface area contributed by atoms with Gasteiger partial charge in [0.1, 0.15) is 28.0 Å². The number of carbonyl (C=O) groups excluding carboxylic acids is 1. The highest BCUT2D eigenvalue weighted by molar-refractivity contribution is 7.16. The summed E-state index contributed by atoms with van der Waals surface area (Å²) in [6.45, 7) is 4.00. The van der Waals surface area contributed by atoms with Crippen LogP contribution in [0.2, 0.25) is 0 Å². The lowest BCUT2D eigenvalue weighted by atomic mass is 10.1. The SMILES string of the molecule is CN(c1nc(-c2ccc(F)cc2)c(C#N)s1)c1c2c(nc3c(F)cc(N4CCN(CC(=O)N5CC(O)C5)CC4)cc13)CCO2. The van der Waals surface area contributed by atoms with Crippen molar-refractivity contribution in [2.75, 3.05) is 69.3 Å². The van der Waals surface area contributed by atoms with Crippen molar-refractivity contribution in [2.45, 2.75) is 12.5 Å². The predicted molar refractivity (Wildman–Crippen MR) is 162 cm³/mol. The molecule has 0 aliphatic carbocycles. The van der Waals surface area contributed by atoms with Crippen LogP contribution >= 0.6 is 11.3 Å². The maximum Gasteiger partial charge on any atom is 0.236 e. The Morgan fingerprint density at radius 1 is 1.16 bits per heavy atom. The Hall–Kier alpha value is -4.38. The van der Waals surface area contributed by atoms with Crippen LogP contribution in [0.3, 0.4) is 0 Å². The second kappa shape index (κ2) is 11.3. The summed E-state index contributed by atoms with van der Waals surface area (Å²) < 4.78 is 35.4. The normalized spacial score (nSPS) is 16.9. The van der Waals surface area contributed by atoms with E-state index >= 15 is 4.39 Å². The number of rotatable bonds is 6. The molecule has 10 nitrogen and oxygen atoms in total. The fourth-order valence-electron chi connectivity index (χ4n) is 5.95. The number of hydrogen-bond acceptors (Lipinski definition) is 10. The Balaban J connectivity index is 1.20. The standard InChI is InChI=1S/C31H29F2N7O3S/c1-37(31-36-27(25(14-34)44-31)18-2-4-19(32)5-3-18)29-22-12-20(13-23(33)28(22)35-24-6-11-43-30(24)29)39-9-7-38(8-10-39)17-26(42)40-15-21(41)16-40/h2-5,12-13,21,41H,6-11,15-17H2,1H3. The van der Waals surface area contributed by atoms with Gasteiger partial charge in [0.05, 0.1) is 30.6 Å². The molecular weight excluding hydrogens is 588 g/mol. The lowest BCUT2D eigenvalue weighted by Gasteiger charge is -2.39. The first-order valence-corrected chi connectivity index (χ1v) is 15.2. The maximum absolute atomic E-state index is 15.8. The molecule has 44 heavy (non-hydrogen) atoms. The van der Waals surface area contributed by atoms with Crippen molar-refractivity contribution in [3.8, 4) is 23.1 Å². The third-order valence-electron chi connectivity index (χ3n) is 8.38. The number of β-amino-alcohol motifs (C(OH)–C–C–N with tert-alkyl or cyclic N) is 1. The minimum absolute atomic E-state index is 0.0115. The number of aromatic nitrogens is 2. The molecule has 3 aliphatic heterocycles. The number of pyridine rings is 1. The number of amides is 1. The Morgan fingerprint density at radius 2 is 1.91 bits per heavy atom. The number of nitriles is 1. The van der Waals surface area contributed by atoms with Crippen molar-refractivity contribution in [3.05, 3.63) is 58.6 Å². The number of ether oxygens (including phenoxy) is 1. The van der Waals surface area contributed by atoms with Gasteiger partial charge in [0, 0.05) is 69.4 Å². The molecule has 2 aromatic heterocycles. The number of likely N-dealkylation sites (tertiary alicyclic amines) is 1. The molecular formula is C31H29F2N7O3S. The molecule has 0 unspecified atom stereocenters. The second-order valence-corrected chi connectivity index (χ2v) is 12.2. The minimum Gasteiger partial charge on any atom is -0.489 e. The van der Waals surface area contributed by atoms with Crippen molar-refractivity contribution >= 4 is 44.7 Å². The van der Waals surface area contributed by atoms with E-state index in [0.29, 0.717) is 108 Å². The smallest absolute Gasteiger partial charge is 0.236 e. The third-order valence-corrected chi connectivity index (χ3v) is 9.42. The van der Waals surface area contributed by atoms with E-state index in [1.165, 1.54) is 29.5 Å². The van der Waals surface area contributed by atoms with Crippen LogP contribution < -0.4 is 14.5 Å². The van der Waals surface area contributed by atoms with E-state index in [1.807, 2.05) is 18.0 Å². The highest BCUT2D eigenvalue weighted by Crippen LogP contribution is 2.46. The third kappa shape index (κ3) is 5.08. The number of benzene rings is 2. The first kappa shape index (κ1) is 28.4. The molecule has 226 valence electrons. The molecule has 1 amide bonds. The van der Waals surface area contributed by atoms with Gasteiger partial charge in [-0.15, -0.1) is 0 Å². The molecule has 0 atom stereocenters. The Morgan fingerprint density at radius 3 is 2.61 bits per heavy atom.